The van der Waals surface area contributed by atoms with Crippen LogP contribution < -0.4 is 4.90 Å². The predicted octanol–water partition coefficient (Wildman–Crippen LogP) is 3.81. The van der Waals surface area contributed by atoms with Gasteiger partial charge in [0.05, 0.1) is 0 Å². The highest BCUT2D eigenvalue weighted by Crippen LogP contribution is 2.22. The van der Waals surface area contributed by atoms with Gasteiger partial charge in [0.2, 0.25) is 0 Å². The Morgan fingerprint density at radius 3 is 2.48 bits per heavy atom. The maximum atomic E-state index is 12.7. The van der Waals surface area contributed by atoms with Gasteiger partial charge in [-0.3, -0.25) is 4.79 Å². The third kappa shape index (κ3) is 5.28. The number of carbonyl (C=O) groups is 1. The number of likely N-dealkylation sites (tertiary alicyclic amines) is 1. The number of piperidine rings is 1. The summed E-state index contributed by atoms with van der Waals surface area (Å²) in [6.07, 6.45) is 5.46. The summed E-state index contributed by atoms with van der Waals surface area (Å²) >= 11 is 0. The molecule has 0 N–H and O–H groups in total. The first-order valence-corrected chi connectivity index (χ1v) is 10.1. The second-order valence-electron chi connectivity index (χ2n) is 7.48. The molecule has 1 amide bonds. The van der Waals surface area contributed by atoms with Crippen molar-refractivity contribution in [2.75, 3.05) is 31.6 Å². The van der Waals surface area contributed by atoms with E-state index in [0.29, 0.717) is 11.6 Å². The van der Waals surface area contributed by atoms with Crippen molar-refractivity contribution in [2.45, 2.75) is 39.0 Å². The topological polar surface area (TPSA) is 49.3 Å². The summed E-state index contributed by atoms with van der Waals surface area (Å²) in [4.78, 5) is 16.7. The van der Waals surface area contributed by atoms with Crippen LogP contribution in [-0.2, 0) is 6.42 Å². The van der Waals surface area contributed by atoms with E-state index in [1.807, 2.05) is 24.1 Å². The zero-order valence-electron chi connectivity index (χ0n) is 16.5. The average molecular weight is 367 g/mol. The Hall–Kier alpha value is -2.43. The summed E-state index contributed by atoms with van der Waals surface area (Å²) in [7, 11) is 2.01. The van der Waals surface area contributed by atoms with E-state index < -0.39 is 0 Å². The molecular formula is C22H30N4O. The van der Waals surface area contributed by atoms with Gasteiger partial charge in [0.1, 0.15) is 0 Å². The van der Waals surface area contributed by atoms with E-state index in [1.165, 1.54) is 5.56 Å². The number of hydrogen-bond acceptors (Lipinski definition) is 4. The van der Waals surface area contributed by atoms with E-state index in [0.717, 1.165) is 57.6 Å². The number of unbranched alkanes of at least 4 members (excludes halogenated alkanes) is 1. The predicted molar refractivity (Wildman–Crippen MR) is 109 cm³/mol. The molecule has 0 saturated carbocycles. The van der Waals surface area contributed by atoms with E-state index in [1.54, 1.807) is 0 Å². The largest absolute Gasteiger partial charge is 0.358 e. The van der Waals surface area contributed by atoms with Crippen molar-refractivity contribution in [3.63, 3.8) is 0 Å². The van der Waals surface area contributed by atoms with E-state index in [2.05, 4.69) is 52.4 Å². The number of anilines is 1. The Balaban J connectivity index is 1.51. The molecule has 3 rings (SSSR count). The van der Waals surface area contributed by atoms with Crippen LogP contribution >= 0.6 is 0 Å². The van der Waals surface area contributed by atoms with E-state index in [4.69, 9.17) is 0 Å². The smallest absolute Gasteiger partial charge is 0.274 e. The molecule has 1 saturated heterocycles. The van der Waals surface area contributed by atoms with Gasteiger partial charge in [0.25, 0.3) is 5.91 Å². The van der Waals surface area contributed by atoms with Gasteiger partial charge in [-0.05, 0) is 49.3 Å². The zero-order chi connectivity index (χ0) is 19.1. The van der Waals surface area contributed by atoms with Gasteiger partial charge < -0.3 is 9.80 Å². The zero-order valence-corrected chi connectivity index (χ0v) is 16.5. The number of aromatic nitrogens is 2. The summed E-state index contributed by atoms with van der Waals surface area (Å²) in [6, 6.07) is 14.3. The van der Waals surface area contributed by atoms with Gasteiger partial charge in [0.15, 0.2) is 11.5 Å². The van der Waals surface area contributed by atoms with E-state index >= 15 is 0 Å². The SMILES string of the molecule is CCCCN(C)c1ccc(C(=O)N2CCC(Cc3ccccc3)CC2)nn1. The molecular weight excluding hydrogens is 336 g/mol. The molecule has 0 aliphatic carbocycles. The first kappa shape index (κ1) is 19.3. The summed E-state index contributed by atoms with van der Waals surface area (Å²) in [6.45, 7) is 4.73. The lowest BCUT2D eigenvalue weighted by Crippen LogP contribution is -2.39. The Morgan fingerprint density at radius 2 is 1.85 bits per heavy atom. The Labute approximate surface area is 162 Å². The lowest BCUT2D eigenvalue weighted by Gasteiger charge is -2.31. The lowest BCUT2D eigenvalue weighted by atomic mass is 9.90. The summed E-state index contributed by atoms with van der Waals surface area (Å²) in [5.74, 6) is 1.47. The third-order valence-corrected chi connectivity index (χ3v) is 5.38. The number of amides is 1. The quantitative estimate of drug-likeness (QED) is 0.748. The molecule has 0 atom stereocenters. The van der Waals surface area contributed by atoms with Crippen molar-refractivity contribution in [2.24, 2.45) is 5.92 Å². The molecule has 1 fully saturated rings. The van der Waals surface area contributed by atoms with Crippen molar-refractivity contribution >= 4 is 11.7 Å². The van der Waals surface area contributed by atoms with Crippen LogP contribution in [0.2, 0.25) is 0 Å². The monoisotopic (exact) mass is 366 g/mol. The minimum Gasteiger partial charge on any atom is -0.358 e. The maximum absolute atomic E-state index is 12.7. The van der Waals surface area contributed by atoms with Gasteiger partial charge in [-0.1, -0.05) is 43.7 Å². The summed E-state index contributed by atoms with van der Waals surface area (Å²) in [5.41, 5.74) is 1.83. The normalized spacial score (nSPS) is 15.0. The van der Waals surface area contributed by atoms with Crippen LogP contribution in [0.3, 0.4) is 0 Å². The Kier molecular flexibility index (Phi) is 6.80. The number of hydrogen-bond donors (Lipinski definition) is 0. The van der Waals surface area contributed by atoms with Gasteiger partial charge in [-0.2, -0.15) is 0 Å². The van der Waals surface area contributed by atoms with Crippen LogP contribution in [0.25, 0.3) is 0 Å². The fourth-order valence-electron chi connectivity index (χ4n) is 3.60. The van der Waals surface area contributed by atoms with Gasteiger partial charge in [-0.15, -0.1) is 10.2 Å². The van der Waals surface area contributed by atoms with Crippen molar-refractivity contribution in [3.8, 4) is 0 Å². The molecule has 0 spiro atoms. The van der Waals surface area contributed by atoms with Gasteiger partial charge in [-0.25, -0.2) is 0 Å². The minimum absolute atomic E-state index is 0.00317. The van der Waals surface area contributed by atoms with Crippen LogP contribution in [-0.4, -0.2) is 47.7 Å². The van der Waals surface area contributed by atoms with Crippen molar-refractivity contribution in [1.29, 1.82) is 0 Å². The van der Waals surface area contributed by atoms with Crippen molar-refractivity contribution in [3.05, 3.63) is 53.7 Å². The molecule has 1 aliphatic rings. The van der Waals surface area contributed by atoms with Crippen LogP contribution in [0.1, 0.15) is 48.7 Å². The second-order valence-corrected chi connectivity index (χ2v) is 7.48. The van der Waals surface area contributed by atoms with Crippen LogP contribution in [0.5, 0.6) is 0 Å². The minimum atomic E-state index is 0.00317. The molecule has 144 valence electrons. The number of nitrogens with zero attached hydrogens (tertiary/aromatic N) is 4. The van der Waals surface area contributed by atoms with Gasteiger partial charge >= 0.3 is 0 Å². The van der Waals surface area contributed by atoms with Crippen LogP contribution in [0, 0.1) is 5.92 Å². The summed E-state index contributed by atoms with van der Waals surface area (Å²) in [5, 5.41) is 8.43. The fraction of sp³-hybridized carbons (Fsp3) is 0.500. The highest BCUT2D eigenvalue weighted by Gasteiger charge is 2.24. The maximum Gasteiger partial charge on any atom is 0.274 e. The van der Waals surface area contributed by atoms with E-state index in [-0.39, 0.29) is 5.91 Å². The number of carbonyl (C=O) groups excluding carboxylic acids is 1. The van der Waals surface area contributed by atoms with Crippen molar-refractivity contribution < 1.29 is 4.79 Å². The average Bonchev–Trinajstić information content (AvgIpc) is 2.73. The highest BCUT2D eigenvalue weighted by molar-refractivity contribution is 5.92. The molecule has 0 radical (unpaired) electrons. The standard InChI is InChI=1S/C22H30N4O/c1-3-4-14-25(2)21-11-10-20(23-24-21)22(27)26-15-12-19(13-16-26)17-18-8-6-5-7-9-18/h5-11,19H,3-4,12-17H2,1-2H3. The summed E-state index contributed by atoms with van der Waals surface area (Å²) < 4.78 is 0. The number of rotatable bonds is 7. The molecule has 1 aliphatic heterocycles. The third-order valence-electron chi connectivity index (χ3n) is 5.38. The fourth-order valence-corrected chi connectivity index (χ4v) is 3.60. The molecule has 27 heavy (non-hydrogen) atoms. The first-order valence-electron chi connectivity index (χ1n) is 10.1. The second kappa shape index (κ2) is 9.49. The molecule has 2 heterocycles. The van der Waals surface area contributed by atoms with Crippen LogP contribution in [0.4, 0.5) is 5.82 Å². The molecule has 0 unspecified atom stereocenters. The van der Waals surface area contributed by atoms with Gasteiger partial charge in [0, 0.05) is 26.7 Å². The Bertz CT molecular complexity index is 709. The van der Waals surface area contributed by atoms with E-state index in [9.17, 15) is 4.79 Å². The number of benzene rings is 1. The molecule has 0 bridgehead atoms. The Morgan fingerprint density at radius 1 is 1.11 bits per heavy atom. The van der Waals surface area contributed by atoms with Crippen LogP contribution in [0.15, 0.2) is 42.5 Å². The molecule has 5 nitrogen and oxygen atoms in total. The first-order chi connectivity index (χ1) is 13.2. The highest BCUT2D eigenvalue weighted by atomic mass is 16.2. The molecule has 1 aromatic heterocycles. The molecule has 1 aromatic carbocycles. The van der Waals surface area contributed by atoms with Crippen molar-refractivity contribution in [1.82, 2.24) is 15.1 Å². The molecule has 2 aromatic rings. The molecule has 5 heteroatoms. The lowest BCUT2D eigenvalue weighted by molar-refractivity contribution is 0.0683.